The molecule has 170 valence electrons. The van der Waals surface area contributed by atoms with Crippen molar-refractivity contribution >= 4 is 17.7 Å². The van der Waals surface area contributed by atoms with E-state index in [1.807, 2.05) is 0 Å². The van der Waals surface area contributed by atoms with Gasteiger partial charge in [-0.2, -0.15) is 0 Å². The number of benzene rings is 1. The SMILES string of the molecule is C.Cc1cc(C)cc(CCNc2ncc(C)n(CC(=O)NCCON=C(N)N)c2=O)c1. The minimum Gasteiger partial charge on any atom is -0.391 e. The van der Waals surface area contributed by atoms with E-state index in [4.69, 9.17) is 16.3 Å². The van der Waals surface area contributed by atoms with Gasteiger partial charge in [0.1, 0.15) is 13.2 Å². The fraction of sp³-hybridized carbons (Fsp3) is 0.429. The second-order valence-corrected chi connectivity index (χ2v) is 7.01. The maximum atomic E-state index is 12.7. The Balaban J connectivity index is 0.00000480. The molecule has 10 nitrogen and oxygen atoms in total. The van der Waals surface area contributed by atoms with Gasteiger partial charge in [0.2, 0.25) is 11.9 Å². The molecule has 0 radical (unpaired) electrons. The summed E-state index contributed by atoms with van der Waals surface area (Å²) < 4.78 is 1.37. The van der Waals surface area contributed by atoms with Crippen LogP contribution in [0.5, 0.6) is 0 Å². The van der Waals surface area contributed by atoms with Crippen molar-refractivity contribution in [2.24, 2.45) is 16.6 Å². The average Bonchev–Trinajstić information content (AvgIpc) is 2.65. The van der Waals surface area contributed by atoms with Crippen LogP contribution in [0.1, 0.15) is 29.8 Å². The summed E-state index contributed by atoms with van der Waals surface area (Å²) in [5.74, 6) is -0.312. The molecule has 0 bridgehead atoms. The summed E-state index contributed by atoms with van der Waals surface area (Å²) in [6.45, 7) is 6.59. The van der Waals surface area contributed by atoms with E-state index < -0.39 is 0 Å². The second kappa shape index (κ2) is 12.2. The summed E-state index contributed by atoms with van der Waals surface area (Å²) >= 11 is 0. The molecule has 6 N–H and O–H groups in total. The number of aryl methyl sites for hydroxylation is 3. The molecule has 2 aromatic rings. The first-order chi connectivity index (χ1) is 14.3. The molecule has 0 aliphatic carbocycles. The maximum Gasteiger partial charge on any atom is 0.293 e. The average molecular weight is 432 g/mol. The van der Waals surface area contributed by atoms with Crippen molar-refractivity contribution in [3.8, 4) is 0 Å². The van der Waals surface area contributed by atoms with Crippen molar-refractivity contribution in [1.29, 1.82) is 0 Å². The number of aromatic nitrogens is 2. The number of carbonyl (C=O) groups is 1. The lowest BCUT2D eigenvalue weighted by molar-refractivity contribution is -0.122. The zero-order valence-electron chi connectivity index (χ0n) is 17.6. The van der Waals surface area contributed by atoms with E-state index in [1.165, 1.54) is 21.3 Å². The molecule has 0 aliphatic rings. The predicted molar refractivity (Wildman–Crippen MR) is 123 cm³/mol. The lowest BCUT2D eigenvalue weighted by Gasteiger charge is -2.12. The number of nitrogens with one attached hydrogen (secondary N) is 2. The van der Waals surface area contributed by atoms with E-state index in [2.05, 4.69) is 52.8 Å². The molecule has 0 fully saturated rings. The topological polar surface area (TPSA) is 150 Å². The molecule has 1 amide bonds. The lowest BCUT2D eigenvalue weighted by atomic mass is 10.1. The lowest BCUT2D eigenvalue weighted by Crippen LogP contribution is -2.36. The quantitative estimate of drug-likeness (QED) is 0.188. The Morgan fingerprint density at radius 1 is 1.16 bits per heavy atom. The van der Waals surface area contributed by atoms with E-state index >= 15 is 0 Å². The first-order valence-electron chi connectivity index (χ1n) is 9.61. The van der Waals surface area contributed by atoms with Crippen LogP contribution in [-0.4, -0.2) is 41.1 Å². The van der Waals surface area contributed by atoms with Crippen LogP contribution in [0.3, 0.4) is 0 Å². The summed E-state index contributed by atoms with van der Waals surface area (Å²) in [5, 5.41) is 9.07. The third-order valence-electron chi connectivity index (χ3n) is 4.23. The van der Waals surface area contributed by atoms with Gasteiger partial charge in [-0.05, 0) is 37.9 Å². The van der Waals surface area contributed by atoms with Crippen LogP contribution in [0.4, 0.5) is 5.82 Å². The summed E-state index contributed by atoms with van der Waals surface area (Å²) in [6, 6.07) is 6.36. The third-order valence-corrected chi connectivity index (χ3v) is 4.23. The number of oxime groups is 1. The highest BCUT2D eigenvalue weighted by Crippen LogP contribution is 2.09. The highest BCUT2D eigenvalue weighted by Gasteiger charge is 2.11. The molecule has 1 aromatic heterocycles. The number of rotatable bonds is 10. The van der Waals surface area contributed by atoms with E-state index in [1.54, 1.807) is 13.1 Å². The monoisotopic (exact) mass is 431 g/mol. The predicted octanol–water partition coefficient (Wildman–Crippen LogP) is 0.780. The Bertz CT molecular complexity index is 946. The van der Waals surface area contributed by atoms with Crippen LogP contribution >= 0.6 is 0 Å². The molecule has 0 aliphatic heterocycles. The van der Waals surface area contributed by atoms with E-state index in [0.717, 1.165) is 6.42 Å². The second-order valence-electron chi connectivity index (χ2n) is 7.01. The summed E-state index contributed by atoms with van der Waals surface area (Å²) in [4.78, 5) is 33.8. The number of amides is 1. The minimum atomic E-state index is -0.345. The third kappa shape index (κ3) is 8.37. The molecule has 31 heavy (non-hydrogen) atoms. The van der Waals surface area contributed by atoms with Gasteiger partial charge < -0.3 is 26.9 Å². The van der Waals surface area contributed by atoms with Crippen LogP contribution in [0.15, 0.2) is 34.3 Å². The number of nitrogens with zero attached hydrogens (tertiary/aromatic N) is 3. The van der Waals surface area contributed by atoms with Gasteiger partial charge in [-0.15, -0.1) is 0 Å². The zero-order chi connectivity index (χ0) is 22.1. The van der Waals surface area contributed by atoms with Gasteiger partial charge in [0, 0.05) is 18.4 Å². The first kappa shape index (κ1) is 25.5. The number of nitrogens with two attached hydrogens (primary N) is 2. The number of anilines is 1. The van der Waals surface area contributed by atoms with Gasteiger partial charge in [-0.1, -0.05) is 36.8 Å². The molecule has 1 aromatic carbocycles. The molecule has 10 heteroatoms. The number of hydrogen-bond acceptors (Lipinski definition) is 6. The fourth-order valence-corrected chi connectivity index (χ4v) is 2.98. The largest absolute Gasteiger partial charge is 0.391 e. The Hall–Kier alpha value is -3.56. The molecule has 2 rings (SSSR count). The Morgan fingerprint density at radius 3 is 2.48 bits per heavy atom. The molecule has 0 saturated carbocycles. The number of guanidine groups is 1. The minimum absolute atomic E-state index is 0. The van der Waals surface area contributed by atoms with Gasteiger partial charge in [0.15, 0.2) is 5.82 Å². The highest BCUT2D eigenvalue weighted by atomic mass is 16.6. The normalized spacial score (nSPS) is 10.0. The fourth-order valence-electron chi connectivity index (χ4n) is 2.98. The van der Waals surface area contributed by atoms with Crippen molar-refractivity contribution < 1.29 is 9.63 Å². The van der Waals surface area contributed by atoms with Gasteiger partial charge in [-0.25, -0.2) is 4.98 Å². The van der Waals surface area contributed by atoms with Crippen LogP contribution in [0, 0.1) is 20.8 Å². The van der Waals surface area contributed by atoms with Crippen LogP contribution in [0.25, 0.3) is 0 Å². The van der Waals surface area contributed by atoms with Crippen LogP contribution in [-0.2, 0) is 22.6 Å². The first-order valence-corrected chi connectivity index (χ1v) is 9.61. The number of carbonyl (C=O) groups excluding carboxylic acids is 1. The molecule has 1 heterocycles. The number of hydrogen-bond donors (Lipinski definition) is 4. The van der Waals surface area contributed by atoms with Crippen molar-refractivity contribution in [1.82, 2.24) is 14.9 Å². The molecule has 0 unspecified atom stereocenters. The Morgan fingerprint density at radius 2 is 1.84 bits per heavy atom. The highest BCUT2D eigenvalue weighted by molar-refractivity contribution is 5.76. The van der Waals surface area contributed by atoms with E-state index in [-0.39, 0.29) is 50.4 Å². The van der Waals surface area contributed by atoms with Crippen LogP contribution in [0.2, 0.25) is 0 Å². The van der Waals surface area contributed by atoms with Crippen molar-refractivity contribution in [3.05, 3.63) is 57.1 Å². The van der Waals surface area contributed by atoms with Gasteiger partial charge in [0.05, 0.1) is 6.54 Å². The van der Waals surface area contributed by atoms with Crippen LogP contribution < -0.4 is 27.7 Å². The summed E-state index contributed by atoms with van der Waals surface area (Å²) in [7, 11) is 0. The van der Waals surface area contributed by atoms with Crippen molar-refractivity contribution in [2.45, 2.75) is 41.2 Å². The summed E-state index contributed by atoms with van der Waals surface area (Å²) in [5.41, 5.74) is 14.1. The Kier molecular flexibility index (Phi) is 10.0. The molecule has 0 saturated heterocycles. The zero-order valence-corrected chi connectivity index (χ0v) is 17.6. The standard InChI is InChI=1S/C20H29N7O3.CH4/c1-13-8-14(2)10-16(9-13)4-5-24-18-19(29)27(15(3)11-25-18)12-17(28)23-6-7-30-26-20(21)22;/h8-11H,4-7,12H2,1-3H3,(H,23,28)(H,24,25)(H4,21,22,26);1H4. The molecule has 0 spiro atoms. The van der Waals surface area contributed by atoms with E-state index in [9.17, 15) is 9.59 Å². The summed E-state index contributed by atoms with van der Waals surface area (Å²) in [6.07, 6.45) is 2.32. The van der Waals surface area contributed by atoms with Gasteiger partial charge in [-0.3, -0.25) is 14.2 Å². The van der Waals surface area contributed by atoms with Crippen molar-refractivity contribution in [2.75, 3.05) is 25.0 Å². The van der Waals surface area contributed by atoms with Crippen molar-refractivity contribution in [3.63, 3.8) is 0 Å². The maximum absolute atomic E-state index is 12.7. The van der Waals surface area contributed by atoms with Gasteiger partial charge in [0.25, 0.3) is 5.56 Å². The Labute approximate surface area is 182 Å². The van der Waals surface area contributed by atoms with E-state index in [0.29, 0.717) is 12.2 Å². The van der Waals surface area contributed by atoms with Gasteiger partial charge >= 0.3 is 0 Å². The molecular formula is C21H33N7O3. The molecule has 0 atom stereocenters. The molecular weight excluding hydrogens is 398 g/mol. The smallest absolute Gasteiger partial charge is 0.293 e.